The van der Waals surface area contributed by atoms with Crippen LogP contribution in [0.2, 0.25) is 0 Å². The van der Waals surface area contributed by atoms with Crippen LogP contribution in [0.15, 0.2) is 53.2 Å². The first-order valence-corrected chi connectivity index (χ1v) is 8.85. The Bertz CT molecular complexity index is 980. The van der Waals surface area contributed by atoms with Gasteiger partial charge in [0.25, 0.3) is 0 Å². The Kier molecular flexibility index (Phi) is 3.62. The molecular formula is C20H17NO3S. The molecule has 0 saturated heterocycles. The second kappa shape index (κ2) is 5.70. The molecule has 0 bridgehead atoms. The largest absolute Gasteiger partial charge is 0.466 e. The summed E-state index contributed by atoms with van der Waals surface area (Å²) in [5.74, 6) is -0.832. The highest BCUT2D eigenvalue weighted by atomic mass is 32.1. The Labute approximate surface area is 149 Å². The molecule has 0 radical (unpaired) electrons. The highest BCUT2D eigenvalue weighted by Gasteiger charge is 2.43. The number of thiophene rings is 1. The van der Waals surface area contributed by atoms with Crippen molar-refractivity contribution in [3.63, 3.8) is 0 Å². The van der Waals surface area contributed by atoms with Crippen molar-refractivity contribution in [3.8, 4) is 0 Å². The number of rotatable bonds is 2. The molecule has 1 aromatic carbocycles. The number of hydrogen-bond acceptors (Lipinski definition) is 5. The minimum Gasteiger partial charge on any atom is -0.466 e. The molecule has 1 N–H and O–H groups in total. The fourth-order valence-electron chi connectivity index (χ4n) is 3.60. The maximum atomic E-state index is 13.1. The molecule has 0 unspecified atom stereocenters. The number of ether oxygens (including phenoxy) is 1. The highest BCUT2D eigenvalue weighted by molar-refractivity contribution is 7.12. The first-order valence-electron chi connectivity index (χ1n) is 8.03. The number of nitrogens with one attached hydrogen (secondary N) is 1. The third-order valence-corrected chi connectivity index (χ3v) is 5.77. The number of hydrogen-bond donors (Lipinski definition) is 1. The molecule has 1 aliphatic carbocycles. The van der Waals surface area contributed by atoms with Crippen molar-refractivity contribution in [2.24, 2.45) is 0 Å². The van der Waals surface area contributed by atoms with Crippen LogP contribution in [0.1, 0.15) is 38.5 Å². The van der Waals surface area contributed by atoms with Crippen LogP contribution in [0.5, 0.6) is 0 Å². The number of Topliss-reactive ketones (excluding diaryl/α,β-unsaturated/α-hetero) is 1. The van der Waals surface area contributed by atoms with Gasteiger partial charge in [-0.05, 0) is 26.0 Å². The number of esters is 1. The van der Waals surface area contributed by atoms with E-state index in [4.69, 9.17) is 4.74 Å². The minimum absolute atomic E-state index is 0.0249. The Morgan fingerprint density at radius 1 is 1.12 bits per heavy atom. The van der Waals surface area contributed by atoms with E-state index in [1.165, 1.54) is 7.11 Å². The Balaban J connectivity index is 1.96. The van der Waals surface area contributed by atoms with E-state index in [0.717, 1.165) is 26.7 Å². The Hall–Kier alpha value is -2.66. The molecule has 126 valence electrons. The van der Waals surface area contributed by atoms with Gasteiger partial charge in [-0.15, -0.1) is 11.3 Å². The second-order valence-corrected chi connectivity index (χ2v) is 7.52. The lowest BCUT2D eigenvalue weighted by Crippen LogP contribution is -2.28. The summed E-state index contributed by atoms with van der Waals surface area (Å²) in [5, 5.41) is 3.28. The summed E-state index contributed by atoms with van der Waals surface area (Å²) in [6.45, 7) is 3.87. The van der Waals surface area contributed by atoms with Crippen molar-refractivity contribution in [2.75, 3.05) is 7.11 Å². The van der Waals surface area contributed by atoms with E-state index < -0.39 is 11.9 Å². The average molecular weight is 351 g/mol. The lowest BCUT2D eigenvalue weighted by Gasteiger charge is -2.28. The van der Waals surface area contributed by atoms with Crippen molar-refractivity contribution in [2.45, 2.75) is 19.8 Å². The average Bonchev–Trinajstić information content (AvgIpc) is 3.16. The third-order valence-electron chi connectivity index (χ3n) is 4.70. The number of fused-ring (bicyclic) bond motifs is 2. The standard InChI is InChI=1S/C20H17NO3S/c1-10-8-9-14(25-10)16-15(20(23)24-3)11(2)21-18-12-6-4-5-7-13(12)19(22)17(16)18/h4-9,16,21H,1-3H3/t16-/m1/s1. The predicted molar refractivity (Wildman–Crippen MR) is 97.3 cm³/mol. The topological polar surface area (TPSA) is 55.4 Å². The zero-order chi connectivity index (χ0) is 17.7. The molecular weight excluding hydrogens is 334 g/mol. The molecule has 0 amide bonds. The molecule has 25 heavy (non-hydrogen) atoms. The number of allylic oxidation sites excluding steroid dienone is 2. The van der Waals surface area contributed by atoms with Gasteiger partial charge in [0.05, 0.1) is 24.3 Å². The fourth-order valence-corrected chi connectivity index (χ4v) is 4.60. The smallest absolute Gasteiger partial charge is 0.336 e. The molecule has 0 spiro atoms. The number of methoxy groups -OCH3 is 1. The van der Waals surface area contributed by atoms with Gasteiger partial charge in [-0.1, -0.05) is 24.3 Å². The normalized spacial score (nSPS) is 18.8. The van der Waals surface area contributed by atoms with Gasteiger partial charge < -0.3 is 10.1 Å². The van der Waals surface area contributed by atoms with Crippen molar-refractivity contribution < 1.29 is 14.3 Å². The summed E-state index contributed by atoms with van der Waals surface area (Å²) in [4.78, 5) is 27.7. The molecule has 4 rings (SSSR count). The molecule has 5 heteroatoms. The van der Waals surface area contributed by atoms with E-state index in [-0.39, 0.29) is 5.78 Å². The first kappa shape index (κ1) is 15.8. The summed E-state index contributed by atoms with van der Waals surface area (Å²) in [5.41, 5.74) is 4.24. The number of benzene rings is 1. The van der Waals surface area contributed by atoms with Crippen molar-refractivity contribution in [1.82, 2.24) is 5.32 Å². The molecule has 2 aromatic rings. The van der Waals surface area contributed by atoms with Gasteiger partial charge in [0, 0.05) is 32.2 Å². The van der Waals surface area contributed by atoms with E-state index in [9.17, 15) is 9.59 Å². The van der Waals surface area contributed by atoms with Gasteiger partial charge in [-0.2, -0.15) is 0 Å². The molecule has 4 nitrogen and oxygen atoms in total. The van der Waals surface area contributed by atoms with Gasteiger partial charge in [-0.25, -0.2) is 4.79 Å². The van der Waals surface area contributed by atoms with Crippen LogP contribution in [0.25, 0.3) is 5.70 Å². The van der Waals surface area contributed by atoms with Gasteiger partial charge in [0.15, 0.2) is 5.78 Å². The zero-order valence-corrected chi connectivity index (χ0v) is 15.0. The van der Waals surface area contributed by atoms with E-state index in [1.807, 2.05) is 50.2 Å². The molecule has 2 aliphatic rings. The summed E-state index contributed by atoms with van der Waals surface area (Å²) in [6.07, 6.45) is 0. The van der Waals surface area contributed by atoms with Crippen LogP contribution >= 0.6 is 11.3 Å². The summed E-state index contributed by atoms with van der Waals surface area (Å²) < 4.78 is 5.01. The minimum atomic E-state index is -0.406. The predicted octanol–water partition coefficient (Wildman–Crippen LogP) is 3.80. The van der Waals surface area contributed by atoms with E-state index in [2.05, 4.69) is 5.32 Å². The number of ketones is 1. The van der Waals surface area contributed by atoms with E-state index in [1.54, 1.807) is 11.3 Å². The van der Waals surface area contributed by atoms with E-state index in [0.29, 0.717) is 16.7 Å². The summed E-state index contributed by atoms with van der Waals surface area (Å²) >= 11 is 1.60. The Morgan fingerprint density at radius 2 is 1.84 bits per heavy atom. The van der Waals surface area contributed by atoms with Crippen LogP contribution in [0.3, 0.4) is 0 Å². The third kappa shape index (κ3) is 2.27. The maximum Gasteiger partial charge on any atom is 0.336 e. The van der Waals surface area contributed by atoms with Crippen LogP contribution in [-0.2, 0) is 9.53 Å². The van der Waals surface area contributed by atoms with Gasteiger partial charge in [0.2, 0.25) is 0 Å². The van der Waals surface area contributed by atoms with Gasteiger partial charge in [-0.3, -0.25) is 4.79 Å². The van der Waals surface area contributed by atoms with Crippen LogP contribution in [-0.4, -0.2) is 18.9 Å². The molecule has 0 saturated carbocycles. The quantitative estimate of drug-likeness (QED) is 0.836. The summed E-state index contributed by atoms with van der Waals surface area (Å²) in [7, 11) is 1.37. The molecule has 0 fully saturated rings. The first-order chi connectivity index (χ1) is 12.0. The Morgan fingerprint density at radius 3 is 2.48 bits per heavy atom. The number of aryl methyl sites for hydroxylation is 1. The SMILES string of the molecule is COC(=O)C1=C(C)NC2=C(C(=O)c3ccccc32)[C@@H]1c1ccc(C)s1. The maximum absolute atomic E-state index is 13.1. The van der Waals surface area contributed by atoms with Crippen molar-refractivity contribution in [1.29, 1.82) is 0 Å². The highest BCUT2D eigenvalue weighted by Crippen LogP contribution is 2.48. The molecule has 2 heterocycles. The molecule has 1 atom stereocenters. The van der Waals surface area contributed by atoms with Crippen LogP contribution in [0, 0.1) is 6.92 Å². The van der Waals surface area contributed by atoms with E-state index >= 15 is 0 Å². The zero-order valence-electron chi connectivity index (χ0n) is 14.2. The number of dihydropyridines is 1. The number of carbonyl (C=O) groups excluding carboxylic acids is 2. The molecule has 1 aliphatic heterocycles. The van der Waals surface area contributed by atoms with Crippen molar-refractivity contribution in [3.05, 3.63) is 74.1 Å². The van der Waals surface area contributed by atoms with Crippen molar-refractivity contribution >= 4 is 28.8 Å². The number of carbonyl (C=O) groups is 2. The van der Waals surface area contributed by atoms with Gasteiger partial charge >= 0.3 is 5.97 Å². The molecule has 1 aromatic heterocycles. The van der Waals surface area contributed by atoms with Gasteiger partial charge in [0.1, 0.15) is 0 Å². The summed E-state index contributed by atoms with van der Waals surface area (Å²) in [6, 6.07) is 11.6. The second-order valence-electron chi connectivity index (χ2n) is 6.20. The monoisotopic (exact) mass is 351 g/mol. The lowest BCUT2D eigenvalue weighted by atomic mass is 9.83. The van der Waals surface area contributed by atoms with Crippen LogP contribution < -0.4 is 5.32 Å². The fraction of sp³-hybridized carbons (Fsp3) is 0.200. The van der Waals surface area contributed by atoms with Crippen LogP contribution in [0.4, 0.5) is 0 Å². The lowest BCUT2D eigenvalue weighted by molar-refractivity contribution is -0.136.